The van der Waals surface area contributed by atoms with Gasteiger partial charge in [0, 0.05) is 24.3 Å². The maximum Gasteiger partial charge on any atom is 0.262 e. The van der Waals surface area contributed by atoms with Gasteiger partial charge in [-0.1, -0.05) is 11.8 Å². The van der Waals surface area contributed by atoms with Gasteiger partial charge in [0.15, 0.2) is 10.9 Å². The number of nitrogens with one attached hydrogen (secondary N) is 1. The summed E-state index contributed by atoms with van der Waals surface area (Å²) in [5.41, 5.74) is 0.769. The number of thioether (sulfide) groups is 1. The molecule has 0 saturated carbocycles. The number of carbonyl (C=O) groups is 2. The Balaban J connectivity index is 1.43. The van der Waals surface area contributed by atoms with Crippen molar-refractivity contribution in [2.24, 2.45) is 0 Å². The minimum absolute atomic E-state index is 0.0106. The Bertz CT molecular complexity index is 1480. The lowest BCUT2D eigenvalue weighted by Gasteiger charge is -2.13. The number of nitrogens with zero attached hydrogens (tertiary/aromatic N) is 2. The van der Waals surface area contributed by atoms with Crippen molar-refractivity contribution >= 4 is 34.4 Å². The fourth-order valence-corrected chi connectivity index (χ4v) is 5.01. The number of carbonyl (C=O) groups excluding carboxylic acids is 2. The predicted molar refractivity (Wildman–Crippen MR) is 137 cm³/mol. The lowest BCUT2D eigenvalue weighted by atomic mass is 10.1. The minimum atomic E-state index is -0.428. The van der Waals surface area contributed by atoms with Crippen molar-refractivity contribution in [2.45, 2.75) is 30.6 Å². The van der Waals surface area contributed by atoms with E-state index in [1.165, 1.54) is 35.1 Å². The first-order valence-electron chi connectivity index (χ1n) is 11.9. The Morgan fingerprint density at radius 1 is 1.14 bits per heavy atom. The van der Waals surface area contributed by atoms with E-state index in [1.54, 1.807) is 30.3 Å². The van der Waals surface area contributed by atoms with Crippen molar-refractivity contribution in [1.82, 2.24) is 14.9 Å². The summed E-state index contributed by atoms with van der Waals surface area (Å²) in [4.78, 5) is 43.5. The number of ketones is 1. The highest BCUT2D eigenvalue weighted by atomic mass is 32.2. The number of amides is 1. The fourth-order valence-electron chi connectivity index (χ4n) is 4.11. The predicted octanol–water partition coefficient (Wildman–Crippen LogP) is 4.06. The standard InChI is InChI=1S/C27H24FN3O5S/c28-19-8-5-17(6-9-19)24(32)16-37-27-30-23-13-18(25(33)29-14-20-3-1-11-35-20)7-10-22(23)26(34)31(27)15-21-4-2-12-36-21/h2,4-10,12-13,20H,1,3,11,14-16H2,(H,29,33). The van der Waals surface area contributed by atoms with Crippen LogP contribution in [0.4, 0.5) is 4.39 Å². The molecule has 0 spiro atoms. The molecular formula is C27H24FN3O5S. The van der Waals surface area contributed by atoms with Crippen LogP contribution < -0.4 is 10.9 Å². The molecule has 37 heavy (non-hydrogen) atoms. The lowest BCUT2D eigenvalue weighted by Crippen LogP contribution is -2.31. The average molecular weight is 522 g/mol. The van der Waals surface area contributed by atoms with Gasteiger partial charge >= 0.3 is 0 Å². The molecule has 3 heterocycles. The maximum absolute atomic E-state index is 13.4. The highest BCUT2D eigenvalue weighted by Crippen LogP contribution is 2.22. The fraction of sp³-hybridized carbons (Fsp3) is 0.259. The zero-order valence-electron chi connectivity index (χ0n) is 19.8. The minimum Gasteiger partial charge on any atom is -0.467 e. The smallest absolute Gasteiger partial charge is 0.262 e. The van der Waals surface area contributed by atoms with Gasteiger partial charge in [-0.3, -0.25) is 19.0 Å². The van der Waals surface area contributed by atoms with Crippen molar-refractivity contribution in [2.75, 3.05) is 18.9 Å². The van der Waals surface area contributed by atoms with Crippen LogP contribution in [0.5, 0.6) is 0 Å². The van der Waals surface area contributed by atoms with E-state index in [1.807, 2.05) is 0 Å². The highest BCUT2D eigenvalue weighted by Gasteiger charge is 2.19. The van der Waals surface area contributed by atoms with Gasteiger partial charge in [-0.05, 0) is 67.4 Å². The van der Waals surface area contributed by atoms with Crippen molar-refractivity contribution in [3.8, 4) is 0 Å². The number of fused-ring (bicyclic) bond motifs is 1. The molecule has 1 aliphatic heterocycles. The van der Waals surface area contributed by atoms with Crippen LogP contribution in [0.15, 0.2) is 75.2 Å². The molecule has 1 atom stereocenters. The van der Waals surface area contributed by atoms with Gasteiger partial charge in [-0.25, -0.2) is 9.37 Å². The summed E-state index contributed by atoms with van der Waals surface area (Å²) < 4.78 is 25.7. The third kappa shape index (κ3) is 5.81. The van der Waals surface area contributed by atoms with E-state index in [0.717, 1.165) is 24.6 Å². The van der Waals surface area contributed by atoms with Gasteiger partial charge in [-0.2, -0.15) is 0 Å². The summed E-state index contributed by atoms with van der Waals surface area (Å²) in [6, 6.07) is 13.5. The van der Waals surface area contributed by atoms with Crippen LogP contribution in [0.1, 0.15) is 39.3 Å². The van der Waals surface area contributed by atoms with Gasteiger partial charge in [0.25, 0.3) is 11.5 Å². The molecule has 2 aromatic heterocycles. The molecule has 1 N–H and O–H groups in total. The lowest BCUT2D eigenvalue weighted by molar-refractivity contribution is 0.0857. The van der Waals surface area contributed by atoms with Crippen LogP contribution in [0.3, 0.4) is 0 Å². The van der Waals surface area contributed by atoms with Crippen molar-refractivity contribution in [1.29, 1.82) is 0 Å². The van der Waals surface area contributed by atoms with Crippen LogP contribution >= 0.6 is 11.8 Å². The number of furan rings is 1. The van der Waals surface area contributed by atoms with Crippen molar-refractivity contribution < 1.29 is 23.1 Å². The van der Waals surface area contributed by atoms with Crippen LogP contribution in [0.25, 0.3) is 10.9 Å². The Kier molecular flexibility index (Phi) is 7.47. The third-order valence-electron chi connectivity index (χ3n) is 6.09. The number of Topliss-reactive ketones (excluding diaryl/α,β-unsaturated/α-hetero) is 1. The largest absolute Gasteiger partial charge is 0.467 e. The number of aromatic nitrogens is 2. The number of hydrogen-bond donors (Lipinski definition) is 1. The first kappa shape index (κ1) is 24.9. The summed E-state index contributed by atoms with van der Waals surface area (Å²) in [6.07, 6.45) is 3.42. The van der Waals surface area contributed by atoms with Gasteiger partial charge in [-0.15, -0.1) is 0 Å². The summed E-state index contributed by atoms with van der Waals surface area (Å²) in [5, 5.41) is 3.52. The van der Waals surface area contributed by atoms with Crippen LogP contribution in [0.2, 0.25) is 0 Å². The molecule has 0 bridgehead atoms. The van der Waals surface area contributed by atoms with E-state index in [2.05, 4.69) is 10.3 Å². The molecule has 1 amide bonds. The van der Waals surface area contributed by atoms with E-state index in [0.29, 0.717) is 46.1 Å². The first-order chi connectivity index (χ1) is 18.0. The molecule has 0 aliphatic carbocycles. The zero-order chi connectivity index (χ0) is 25.8. The van der Waals surface area contributed by atoms with E-state index < -0.39 is 5.82 Å². The van der Waals surface area contributed by atoms with Gasteiger partial charge in [0.05, 0.1) is 35.6 Å². The molecule has 5 rings (SSSR count). The summed E-state index contributed by atoms with van der Waals surface area (Å²) in [6.45, 7) is 1.25. The first-order valence-corrected chi connectivity index (χ1v) is 12.8. The van der Waals surface area contributed by atoms with Gasteiger partial charge in [0.1, 0.15) is 11.6 Å². The second kappa shape index (κ2) is 11.1. The molecule has 1 fully saturated rings. The number of hydrogen-bond acceptors (Lipinski definition) is 7. The molecule has 2 aromatic carbocycles. The molecule has 4 aromatic rings. The van der Waals surface area contributed by atoms with E-state index in [-0.39, 0.29) is 35.7 Å². The zero-order valence-corrected chi connectivity index (χ0v) is 20.6. The maximum atomic E-state index is 13.4. The van der Waals surface area contributed by atoms with Crippen LogP contribution in [-0.2, 0) is 11.3 Å². The number of ether oxygens (including phenoxy) is 1. The number of halogens is 1. The number of benzene rings is 2. The van der Waals surface area contributed by atoms with E-state index in [4.69, 9.17) is 9.15 Å². The second-order valence-electron chi connectivity index (χ2n) is 8.66. The Hall–Kier alpha value is -3.76. The molecule has 190 valence electrons. The second-order valence-corrected chi connectivity index (χ2v) is 9.60. The SMILES string of the molecule is O=C(CSc1nc2cc(C(=O)NCC3CCCO3)ccc2c(=O)n1Cc1ccco1)c1ccc(F)cc1. The number of rotatable bonds is 9. The van der Waals surface area contributed by atoms with Gasteiger partial charge < -0.3 is 14.5 Å². The van der Waals surface area contributed by atoms with Gasteiger partial charge in [0.2, 0.25) is 0 Å². The molecule has 8 nitrogen and oxygen atoms in total. The normalized spacial score (nSPS) is 15.2. The van der Waals surface area contributed by atoms with Crippen molar-refractivity contribution in [3.63, 3.8) is 0 Å². The van der Waals surface area contributed by atoms with E-state index >= 15 is 0 Å². The molecule has 10 heteroatoms. The monoisotopic (exact) mass is 521 g/mol. The summed E-state index contributed by atoms with van der Waals surface area (Å²) in [5.74, 6) is -0.391. The summed E-state index contributed by atoms with van der Waals surface area (Å²) in [7, 11) is 0. The third-order valence-corrected chi connectivity index (χ3v) is 7.07. The molecule has 1 saturated heterocycles. The molecule has 1 aliphatic rings. The Morgan fingerprint density at radius 2 is 1.95 bits per heavy atom. The quantitative estimate of drug-likeness (QED) is 0.201. The highest BCUT2D eigenvalue weighted by molar-refractivity contribution is 7.99. The van der Waals surface area contributed by atoms with Crippen LogP contribution in [-0.4, -0.2) is 46.2 Å². The molecule has 1 unspecified atom stereocenters. The molecular weight excluding hydrogens is 497 g/mol. The molecule has 0 radical (unpaired) electrons. The van der Waals surface area contributed by atoms with Crippen LogP contribution in [0, 0.1) is 5.82 Å². The Morgan fingerprint density at radius 3 is 2.68 bits per heavy atom. The van der Waals surface area contributed by atoms with Crippen molar-refractivity contribution in [3.05, 3.63) is 93.9 Å². The average Bonchev–Trinajstić information content (AvgIpc) is 3.62. The van der Waals surface area contributed by atoms with E-state index in [9.17, 15) is 18.8 Å². The topological polar surface area (TPSA) is 103 Å². The Labute approximate surface area is 215 Å². The summed E-state index contributed by atoms with van der Waals surface area (Å²) >= 11 is 1.10.